The van der Waals surface area contributed by atoms with Gasteiger partial charge in [0.2, 0.25) is 0 Å². The summed E-state index contributed by atoms with van der Waals surface area (Å²) in [5.74, 6) is 0. The molecule has 0 nitrogen and oxygen atoms in total. The molecule has 4 aliphatic rings. The molecule has 32 heavy (non-hydrogen) atoms. The molecule has 0 heteroatoms. The Labute approximate surface area is 188 Å². The van der Waals surface area contributed by atoms with E-state index in [0.717, 1.165) is 19.3 Å². The van der Waals surface area contributed by atoms with Crippen molar-refractivity contribution in [3.05, 3.63) is 136 Å². The first-order chi connectivity index (χ1) is 15.9. The zero-order valence-electron chi connectivity index (χ0n) is 17.9. The average Bonchev–Trinajstić information content (AvgIpc) is 3.48. The van der Waals surface area contributed by atoms with Crippen LogP contribution in [0.3, 0.4) is 0 Å². The largest absolute Gasteiger partial charge is 0.0836 e. The van der Waals surface area contributed by atoms with Crippen LogP contribution in [0.4, 0.5) is 0 Å². The Balaban J connectivity index is 1.53. The molecule has 0 radical (unpaired) electrons. The Morgan fingerprint density at radius 3 is 2.06 bits per heavy atom. The van der Waals surface area contributed by atoms with Crippen molar-refractivity contribution in [2.24, 2.45) is 0 Å². The highest BCUT2D eigenvalue weighted by atomic mass is 14.5. The molecule has 0 N–H and O–H groups in total. The highest BCUT2D eigenvalue weighted by molar-refractivity contribution is 6.00. The molecular weight excluding hydrogens is 384 g/mol. The predicted octanol–water partition coefficient (Wildman–Crippen LogP) is 7.69. The predicted molar refractivity (Wildman–Crippen MR) is 132 cm³/mol. The van der Waals surface area contributed by atoms with Gasteiger partial charge < -0.3 is 0 Å². The Morgan fingerprint density at radius 1 is 0.594 bits per heavy atom. The number of rotatable bonds is 0. The molecular formula is C32H22. The highest BCUT2D eigenvalue weighted by Crippen LogP contribution is 2.64. The molecule has 0 aromatic heterocycles. The van der Waals surface area contributed by atoms with Crippen molar-refractivity contribution in [3.8, 4) is 22.3 Å². The van der Waals surface area contributed by atoms with Gasteiger partial charge >= 0.3 is 0 Å². The van der Waals surface area contributed by atoms with Gasteiger partial charge in [0.15, 0.2) is 0 Å². The second kappa shape index (κ2) is 5.78. The van der Waals surface area contributed by atoms with E-state index in [9.17, 15) is 0 Å². The standard InChI is InChI=1S/C32H22/c1-2-10-21-20(9-1)19-26-22(21)17-18-30-31(26)25-13-5-8-16-29(25)32(30)27-14-6-3-11-23(27)24-12-4-7-15-28(24)32/h1-7,9-15,17-18H,8,16,19H2. The summed E-state index contributed by atoms with van der Waals surface area (Å²) in [6, 6.07) is 32.1. The van der Waals surface area contributed by atoms with Crippen LogP contribution in [0.25, 0.3) is 27.8 Å². The van der Waals surface area contributed by atoms with E-state index < -0.39 is 0 Å². The number of hydrogen-bond acceptors (Lipinski definition) is 0. The van der Waals surface area contributed by atoms with Crippen LogP contribution in [0.1, 0.15) is 46.2 Å². The van der Waals surface area contributed by atoms with Crippen LogP contribution in [-0.4, -0.2) is 0 Å². The number of allylic oxidation sites excluding steroid dienone is 4. The Bertz CT molecular complexity index is 1500. The maximum Gasteiger partial charge on any atom is 0.0688 e. The van der Waals surface area contributed by atoms with Crippen molar-refractivity contribution >= 4 is 5.57 Å². The normalized spacial score (nSPS) is 17.6. The first kappa shape index (κ1) is 17.0. The van der Waals surface area contributed by atoms with Crippen LogP contribution < -0.4 is 0 Å². The van der Waals surface area contributed by atoms with Crippen LogP contribution in [0.15, 0.2) is 103 Å². The molecule has 8 rings (SSSR count). The maximum absolute atomic E-state index is 2.46. The summed E-state index contributed by atoms with van der Waals surface area (Å²) in [6.45, 7) is 0. The lowest BCUT2D eigenvalue weighted by molar-refractivity contribution is 0.714. The minimum Gasteiger partial charge on any atom is -0.0836 e. The first-order valence-electron chi connectivity index (χ1n) is 11.7. The lowest BCUT2D eigenvalue weighted by Gasteiger charge is -2.33. The van der Waals surface area contributed by atoms with Crippen molar-refractivity contribution in [3.63, 3.8) is 0 Å². The third kappa shape index (κ3) is 1.79. The maximum atomic E-state index is 2.46. The third-order valence-electron chi connectivity index (χ3n) is 8.24. The van der Waals surface area contributed by atoms with E-state index in [-0.39, 0.29) is 5.41 Å². The van der Waals surface area contributed by atoms with Gasteiger partial charge in [-0.15, -0.1) is 0 Å². The van der Waals surface area contributed by atoms with Crippen LogP contribution in [0, 0.1) is 0 Å². The molecule has 0 aliphatic heterocycles. The van der Waals surface area contributed by atoms with Gasteiger partial charge in [0.05, 0.1) is 5.41 Å². The van der Waals surface area contributed by atoms with E-state index in [2.05, 4.69) is 97.1 Å². The monoisotopic (exact) mass is 406 g/mol. The third-order valence-corrected chi connectivity index (χ3v) is 8.24. The average molecular weight is 407 g/mol. The minimum atomic E-state index is -0.146. The molecule has 0 saturated carbocycles. The molecule has 4 aromatic carbocycles. The van der Waals surface area contributed by atoms with E-state index in [1.807, 2.05) is 0 Å². The van der Waals surface area contributed by atoms with Crippen LogP contribution in [-0.2, 0) is 11.8 Å². The summed E-state index contributed by atoms with van der Waals surface area (Å²) in [5, 5.41) is 0. The molecule has 4 aromatic rings. The Kier molecular flexibility index (Phi) is 3.07. The molecule has 0 atom stereocenters. The minimum absolute atomic E-state index is 0.146. The summed E-state index contributed by atoms with van der Waals surface area (Å²) >= 11 is 0. The molecule has 4 aliphatic carbocycles. The van der Waals surface area contributed by atoms with Gasteiger partial charge in [-0.05, 0) is 86.0 Å². The van der Waals surface area contributed by atoms with Gasteiger partial charge in [0, 0.05) is 0 Å². The zero-order chi connectivity index (χ0) is 20.9. The summed E-state index contributed by atoms with van der Waals surface area (Å²) in [7, 11) is 0. The molecule has 0 unspecified atom stereocenters. The number of benzene rings is 4. The fraction of sp³-hybridized carbons (Fsp3) is 0.125. The zero-order valence-corrected chi connectivity index (χ0v) is 17.9. The van der Waals surface area contributed by atoms with Gasteiger partial charge in [-0.1, -0.05) is 97.1 Å². The van der Waals surface area contributed by atoms with Crippen molar-refractivity contribution in [2.75, 3.05) is 0 Å². The fourth-order valence-corrected chi connectivity index (χ4v) is 7.13. The van der Waals surface area contributed by atoms with Gasteiger partial charge in [-0.2, -0.15) is 0 Å². The van der Waals surface area contributed by atoms with Gasteiger partial charge in [-0.25, -0.2) is 0 Å². The van der Waals surface area contributed by atoms with E-state index in [0.29, 0.717) is 0 Å². The van der Waals surface area contributed by atoms with Crippen LogP contribution in [0.2, 0.25) is 0 Å². The first-order valence-corrected chi connectivity index (χ1v) is 11.7. The SMILES string of the molecule is C1=CC2=C(CC1)C1(c3ccccc3-c3ccccc31)c1ccc3c(c12)Cc1ccccc1-3. The summed E-state index contributed by atoms with van der Waals surface area (Å²) < 4.78 is 0. The van der Waals surface area contributed by atoms with E-state index in [1.54, 1.807) is 5.57 Å². The summed E-state index contributed by atoms with van der Waals surface area (Å²) in [4.78, 5) is 0. The molecule has 0 saturated heterocycles. The molecule has 0 heterocycles. The summed E-state index contributed by atoms with van der Waals surface area (Å²) in [5.41, 5.74) is 17.5. The number of fused-ring (bicyclic) bond motifs is 13. The highest BCUT2D eigenvalue weighted by Gasteiger charge is 2.53. The smallest absolute Gasteiger partial charge is 0.0688 e. The van der Waals surface area contributed by atoms with Gasteiger partial charge in [0.25, 0.3) is 0 Å². The van der Waals surface area contributed by atoms with E-state index in [4.69, 9.17) is 0 Å². The molecule has 1 spiro atoms. The quantitative estimate of drug-likeness (QED) is 0.247. The second-order valence-electron chi connectivity index (χ2n) is 9.52. The van der Waals surface area contributed by atoms with Crippen molar-refractivity contribution < 1.29 is 0 Å². The van der Waals surface area contributed by atoms with Gasteiger partial charge in [-0.3, -0.25) is 0 Å². The second-order valence-corrected chi connectivity index (χ2v) is 9.52. The number of hydrogen-bond donors (Lipinski definition) is 0. The fourth-order valence-electron chi connectivity index (χ4n) is 7.13. The lowest BCUT2D eigenvalue weighted by atomic mass is 9.68. The van der Waals surface area contributed by atoms with Crippen LogP contribution >= 0.6 is 0 Å². The summed E-state index contributed by atoms with van der Waals surface area (Å²) in [6.07, 6.45) is 8.11. The Hall–Kier alpha value is -3.64. The van der Waals surface area contributed by atoms with Crippen molar-refractivity contribution in [1.82, 2.24) is 0 Å². The molecule has 0 bridgehead atoms. The van der Waals surface area contributed by atoms with Crippen molar-refractivity contribution in [2.45, 2.75) is 24.7 Å². The molecule has 0 amide bonds. The van der Waals surface area contributed by atoms with E-state index in [1.165, 1.54) is 61.2 Å². The molecule has 0 fully saturated rings. The Morgan fingerprint density at radius 2 is 1.28 bits per heavy atom. The molecule has 150 valence electrons. The topological polar surface area (TPSA) is 0 Å². The van der Waals surface area contributed by atoms with E-state index >= 15 is 0 Å². The van der Waals surface area contributed by atoms with Gasteiger partial charge in [0.1, 0.15) is 0 Å². The lowest BCUT2D eigenvalue weighted by Crippen LogP contribution is -2.27. The van der Waals surface area contributed by atoms with Crippen LogP contribution in [0.5, 0.6) is 0 Å². The van der Waals surface area contributed by atoms with Crippen molar-refractivity contribution in [1.29, 1.82) is 0 Å².